The van der Waals surface area contributed by atoms with Gasteiger partial charge in [0.05, 0.1) is 11.0 Å². The molecule has 0 atom stereocenters. The maximum absolute atomic E-state index is 5.34. The predicted molar refractivity (Wildman–Crippen MR) is 236 cm³/mol. The summed E-state index contributed by atoms with van der Waals surface area (Å²) in [7, 11) is 0. The SMILES string of the molecule is c1ccc(-c2nc(-c3ccc4ccccc4c3)nc(-n3c4cc5ccccc5cc4c4cccc(-c5ccc6c(c5)sc5ccc7ccccc7c56)c43)n2)cc1. The van der Waals surface area contributed by atoms with Crippen LogP contribution >= 0.6 is 11.3 Å². The number of para-hydroxylation sites is 1. The van der Waals surface area contributed by atoms with Crippen LogP contribution < -0.4 is 0 Å². The fourth-order valence-electron chi connectivity index (χ4n) is 8.54. The van der Waals surface area contributed by atoms with E-state index in [0.717, 1.165) is 54.8 Å². The molecule has 0 saturated carbocycles. The van der Waals surface area contributed by atoms with Crippen molar-refractivity contribution >= 4 is 85.6 Å². The van der Waals surface area contributed by atoms with E-state index in [0.29, 0.717) is 17.6 Å². The maximum atomic E-state index is 5.34. The first kappa shape index (κ1) is 31.2. The molecule has 260 valence electrons. The second-order valence-corrected chi connectivity index (χ2v) is 15.5. The highest BCUT2D eigenvalue weighted by Gasteiger charge is 2.22. The number of aromatic nitrogens is 4. The van der Waals surface area contributed by atoms with Gasteiger partial charge < -0.3 is 0 Å². The minimum absolute atomic E-state index is 0.583. The summed E-state index contributed by atoms with van der Waals surface area (Å²) in [5.41, 5.74) is 6.28. The minimum Gasteiger partial charge on any atom is -0.277 e. The molecule has 56 heavy (non-hydrogen) atoms. The highest BCUT2D eigenvalue weighted by atomic mass is 32.1. The van der Waals surface area contributed by atoms with Gasteiger partial charge in [-0.3, -0.25) is 4.57 Å². The third kappa shape index (κ3) is 4.81. The van der Waals surface area contributed by atoms with Gasteiger partial charge in [-0.1, -0.05) is 152 Å². The van der Waals surface area contributed by atoms with Crippen molar-refractivity contribution in [1.82, 2.24) is 19.5 Å². The van der Waals surface area contributed by atoms with E-state index >= 15 is 0 Å². The van der Waals surface area contributed by atoms with Crippen LogP contribution in [0.2, 0.25) is 0 Å². The van der Waals surface area contributed by atoms with Gasteiger partial charge in [-0.2, -0.15) is 9.97 Å². The van der Waals surface area contributed by atoms with Crippen LogP contribution in [0, 0.1) is 0 Å². The Hall–Kier alpha value is -7.21. The van der Waals surface area contributed by atoms with Gasteiger partial charge in [-0.05, 0) is 68.2 Å². The van der Waals surface area contributed by atoms with Crippen LogP contribution in [0.15, 0.2) is 182 Å². The number of benzene rings is 9. The number of nitrogens with zero attached hydrogens (tertiary/aromatic N) is 4. The van der Waals surface area contributed by atoms with E-state index in [9.17, 15) is 0 Å². The van der Waals surface area contributed by atoms with E-state index in [2.05, 4.69) is 168 Å². The largest absolute Gasteiger partial charge is 0.277 e. The van der Waals surface area contributed by atoms with Crippen LogP contribution in [0.4, 0.5) is 0 Å². The second kappa shape index (κ2) is 12.2. The van der Waals surface area contributed by atoms with Crippen LogP contribution in [0.3, 0.4) is 0 Å². The molecule has 4 nitrogen and oxygen atoms in total. The summed E-state index contributed by atoms with van der Waals surface area (Å²) < 4.78 is 4.84. The van der Waals surface area contributed by atoms with Crippen molar-refractivity contribution in [1.29, 1.82) is 0 Å². The molecule has 0 aliphatic rings. The molecule has 5 heteroatoms. The zero-order valence-corrected chi connectivity index (χ0v) is 30.8. The number of rotatable bonds is 4. The molecule has 0 saturated heterocycles. The maximum Gasteiger partial charge on any atom is 0.238 e. The highest BCUT2D eigenvalue weighted by molar-refractivity contribution is 7.26. The van der Waals surface area contributed by atoms with Crippen LogP contribution in [0.5, 0.6) is 0 Å². The van der Waals surface area contributed by atoms with Crippen molar-refractivity contribution in [2.75, 3.05) is 0 Å². The Morgan fingerprint density at radius 1 is 0.375 bits per heavy atom. The molecular formula is C51H30N4S. The summed E-state index contributed by atoms with van der Waals surface area (Å²) in [6.45, 7) is 0. The predicted octanol–water partition coefficient (Wildman–Crippen LogP) is 13.8. The molecule has 3 heterocycles. The molecule has 0 N–H and O–H groups in total. The quantitative estimate of drug-likeness (QED) is 0.181. The molecule has 0 spiro atoms. The second-order valence-electron chi connectivity index (χ2n) is 14.4. The number of hydrogen-bond acceptors (Lipinski definition) is 4. The Morgan fingerprint density at radius 2 is 1.04 bits per heavy atom. The highest BCUT2D eigenvalue weighted by Crippen LogP contribution is 2.43. The first-order valence-corrected chi connectivity index (χ1v) is 19.7. The van der Waals surface area contributed by atoms with Crippen molar-refractivity contribution < 1.29 is 0 Å². The number of thiophene rings is 1. The monoisotopic (exact) mass is 730 g/mol. The number of fused-ring (bicyclic) bond motifs is 10. The van der Waals surface area contributed by atoms with E-state index in [4.69, 9.17) is 15.0 Å². The fourth-order valence-corrected chi connectivity index (χ4v) is 9.71. The van der Waals surface area contributed by atoms with Gasteiger partial charge in [0.2, 0.25) is 5.95 Å². The Kier molecular flexibility index (Phi) is 6.76. The Bertz CT molecular complexity index is 3540. The summed E-state index contributed by atoms with van der Waals surface area (Å²) in [5, 5.41) is 12.2. The average molecular weight is 731 g/mol. The molecule has 0 aliphatic heterocycles. The summed E-state index contributed by atoms with van der Waals surface area (Å²) in [5.74, 6) is 1.84. The average Bonchev–Trinajstić information content (AvgIpc) is 3.81. The lowest BCUT2D eigenvalue weighted by molar-refractivity contribution is 0.954. The molecule has 0 unspecified atom stereocenters. The van der Waals surface area contributed by atoms with Crippen LogP contribution in [-0.4, -0.2) is 19.5 Å². The zero-order chi connectivity index (χ0) is 36.7. The van der Waals surface area contributed by atoms with E-state index in [1.54, 1.807) is 0 Å². The smallest absolute Gasteiger partial charge is 0.238 e. The molecule has 9 aromatic carbocycles. The lowest BCUT2D eigenvalue weighted by atomic mass is 9.99. The van der Waals surface area contributed by atoms with E-state index in [1.807, 2.05) is 29.5 Å². The lowest BCUT2D eigenvalue weighted by Gasteiger charge is -2.13. The standard InChI is InChI=1S/C51H30N4S/c1-2-13-33(14-3-1)49-52-50(38-22-21-31-11-4-5-15-34(31)27-38)54-51(53-49)55-44-29-36-17-7-6-16-35(36)28-43(44)41-20-10-19-40(48(41)55)37-23-25-42-46(30-37)56-45-26-24-32-12-8-9-18-39(32)47(42)45/h1-30H. The van der Waals surface area contributed by atoms with Crippen molar-refractivity contribution in [3.8, 4) is 39.9 Å². The van der Waals surface area contributed by atoms with Gasteiger partial charge in [-0.15, -0.1) is 11.3 Å². The van der Waals surface area contributed by atoms with E-state index in [1.165, 1.54) is 41.7 Å². The normalized spacial score (nSPS) is 11.9. The fraction of sp³-hybridized carbons (Fsp3) is 0. The number of hydrogen-bond donors (Lipinski definition) is 0. The summed E-state index contributed by atoms with van der Waals surface area (Å²) in [6, 6.07) is 65.1. The van der Waals surface area contributed by atoms with Crippen LogP contribution in [0.25, 0.3) is 114 Å². The third-order valence-electron chi connectivity index (χ3n) is 11.2. The molecule has 0 aliphatic carbocycles. The van der Waals surface area contributed by atoms with Crippen molar-refractivity contribution in [3.05, 3.63) is 182 Å². The molecule has 12 rings (SSSR count). The van der Waals surface area contributed by atoms with E-state index < -0.39 is 0 Å². The molecule has 3 aromatic heterocycles. The Labute approximate surface area is 325 Å². The van der Waals surface area contributed by atoms with E-state index in [-0.39, 0.29) is 0 Å². The van der Waals surface area contributed by atoms with Crippen molar-refractivity contribution in [2.45, 2.75) is 0 Å². The van der Waals surface area contributed by atoms with Gasteiger partial charge in [0, 0.05) is 47.6 Å². The van der Waals surface area contributed by atoms with Gasteiger partial charge >= 0.3 is 0 Å². The third-order valence-corrected chi connectivity index (χ3v) is 12.3. The van der Waals surface area contributed by atoms with Crippen LogP contribution in [-0.2, 0) is 0 Å². The Balaban J connectivity index is 1.16. The first-order valence-electron chi connectivity index (χ1n) is 18.8. The Morgan fingerprint density at radius 3 is 1.88 bits per heavy atom. The topological polar surface area (TPSA) is 43.6 Å². The molecular weight excluding hydrogens is 701 g/mol. The van der Waals surface area contributed by atoms with Gasteiger partial charge in [-0.25, -0.2) is 4.98 Å². The molecule has 0 fully saturated rings. The molecule has 0 bridgehead atoms. The molecule has 0 radical (unpaired) electrons. The first-order chi connectivity index (χ1) is 27.7. The van der Waals surface area contributed by atoms with Gasteiger partial charge in [0.25, 0.3) is 0 Å². The summed E-state index contributed by atoms with van der Waals surface area (Å²) >= 11 is 1.86. The summed E-state index contributed by atoms with van der Waals surface area (Å²) in [6.07, 6.45) is 0. The summed E-state index contributed by atoms with van der Waals surface area (Å²) in [4.78, 5) is 15.8. The minimum atomic E-state index is 0.583. The van der Waals surface area contributed by atoms with Crippen LogP contribution in [0.1, 0.15) is 0 Å². The van der Waals surface area contributed by atoms with Gasteiger partial charge in [0.15, 0.2) is 11.6 Å². The molecule has 12 aromatic rings. The van der Waals surface area contributed by atoms with Crippen molar-refractivity contribution in [3.63, 3.8) is 0 Å². The molecule has 0 amide bonds. The van der Waals surface area contributed by atoms with Gasteiger partial charge in [0.1, 0.15) is 0 Å². The lowest BCUT2D eigenvalue weighted by Crippen LogP contribution is -2.07. The zero-order valence-electron chi connectivity index (χ0n) is 30.0. The van der Waals surface area contributed by atoms with Crippen molar-refractivity contribution in [2.24, 2.45) is 0 Å².